The Kier molecular flexibility index (Phi) is 11.5. The van der Waals surface area contributed by atoms with Crippen LogP contribution in [0.3, 0.4) is 0 Å². The molecule has 0 aliphatic carbocycles. The summed E-state index contributed by atoms with van der Waals surface area (Å²) in [6, 6.07) is 15.2. The van der Waals surface area contributed by atoms with Gasteiger partial charge in [-0.2, -0.15) is 5.26 Å². The van der Waals surface area contributed by atoms with E-state index in [0.717, 1.165) is 11.3 Å². The van der Waals surface area contributed by atoms with Crippen molar-refractivity contribution in [2.45, 2.75) is 45.8 Å². The number of ether oxygens (including phenoxy) is 3. The van der Waals surface area contributed by atoms with Gasteiger partial charge in [0, 0.05) is 53.0 Å². The Morgan fingerprint density at radius 3 is 2.55 bits per heavy atom. The first kappa shape index (κ1) is 34.8. The zero-order valence-corrected chi connectivity index (χ0v) is 27.9. The second-order valence-electron chi connectivity index (χ2n) is 11.3. The molecule has 0 fully saturated rings. The number of benzene rings is 2. The summed E-state index contributed by atoms with van der Waals surface area (Å²) in [6.45, 7) is 6.89. The summed E-state index contributed by atoms with van der Waals surface area (Å²) in [5, 5.41) is 20.8. The molecule has 3 amide bonds. The average Bonchev–Trinajstić information content (AvgIpc) is 3.54. The van der Waals surface area contributed by atoms with E-state index in [9.17, 15) is 19.6 Å². The highest BCUT2D eigenvalue weighted by molar-refractivity contribution is 7.11. The van der Waals surface area contributed by atoms with Crippen molar-refractivity contribution in [3.63, 3.8) is 0 Å². The number of halogens is 1. The van der Waals surface area contributed by atoms with Gasteiger partial charge < -0.3 is 30.2 Å². The predicted octanol–water partition coefficient (Wildman–Crippen LogP) is 6.87. The number of pyridine rings is 1. The van der Waals surface area contributed by atoms with Crippen LogP contribution in [0.2, 0.25) is 5.02 Å². The molecule has 0 spiro atoms. The van der Waals surface area contributed by atoms with E-state index in [4.69, 9.17) is 25.8 Å². The lowest BCUT2D eigenvalue weighted by atomic mass is 9.97. The molecular weight excluding hydrogens is 644 g/mol. The van der Waals surface area contributed by atoms with Crippen LogP contribution < -0.4 is 20.7 Å². The van der Waals surface area contributed by atoms with Gasteiger partial charge >= 0.3 is 6.09 Å². The SMILES string of the molecule is COCOc1cc(Cl)ccc1-c1cc(-c2cccc(NC(=O)C[C@H](C)NC(=O)OC(C)(C)C)c2)c(C#N)c(NC(=O)c2nccs2)n1. The number of amides is 3. The Labute approximate surface area is 281 Å². The van der Waals surface area contributed by atoms with E-state index in [2.05, 4.69) is 32.0 Å². The van der Waals surface area contributed by atoms with Crippen LogP contribution in [-0.2, 0) is 14.3 Å². The highest BCUT2D eigenvalue weighted by Gasteiger charge is 2.22. The predicted molar refractivity (Wildman–Crippen MR) is 179 cm³/mol. The minimum atomic E-state index is -0.669. The van der Waals surface area contributed by atoms with Crippen molar-refractivity contribution >= 4 is 52.4 Å². The Hall–Kier alpha value is -5.03. The van der Waals surface area contributed by atoms with Gasteiger partial charge in [0.1, 0.15) is 23.0 Å². The number of carbonyl (C=O) groups excluding carboxylic acids is 3. The van der Waals surface area contributed by atoms with Crippen molar-refractivity contribution in [2.24, 2.45) is 0 Å². The molecule has 2 aromatic heterocycles. The fraction of sp³-hybridized carbons (Fsp3) is 0.273. The van der Waals surface area contributed by atoms with E-state index >= 15 is 0 Å². The number of hydrogen-bond acceptors (Lipinski definition) is 10. The summed E-state index contributed by atoms with van der Waals surface area (Å²) in [6.07, 6.45) is 0.869. The molecule has 0 unspecified atom stereocenters. The van der Waals surface area contributed by atoms with Crippen LogP contribution in [0, 0.1) is 11.3 Å². The highest BCUT2D eigenvalue weighted by Crippen LogP contribution is 2.38. The number of alkyl carbamates (subject to hydrolysis) is 1. The smallest absolute Gasteiger partial charge is 0.407 e. The van der Waals surface area contributed by atoms with Gasteiger partial charge in [-0.1, -0.05) is 23.7 Å². The molecule has 2 heterocycles. The van der Waals surface area contributed by atoms with E-state index < -0.39 is 23.6 Å². The average molecular weight is 677 g/mol. The van der Waals surface area contributed by atoms with Crippen LogP contribution in [0.1, 0.15) is 49.5 Å². The van der Waals surface area contributed by atoms with Crippen LogP contribution in [0.15, 0.2) is 60.1 Å². The van der Waals surface area contributed by atoms with Crippen molar-refractivity contribution in [2.75, 3.05) is 24.5 Å². The summed E-state index contributed by atoms with van der Waals surface area (Å²) in [5.41, 5.74) is 1.74. The lowest BCUT2D eigenvalue weighted by Crippen LogP contribution is -2.39. The molecule has 3 N–H and O–H groups in total. The molecule has 4 aromatic rings. The van der Waals surface area contributed by atoms with E-state index in [1.807, 2.05) is 0 Å². The third-order valence-corrected chi connectivity index (χ3v) is 7.26. The van der Waals surface area contributed by atoms with Gasteiger partial charge in [-0.15, -0.1) is 11.3 Å². The van der Waals surface area contributed by atoms with Crippen molar-refractivity contribution < 1.29 is 28.6 Å². The normalized spacial score (nSPS) is 11.6. The minimum absolute atomic E-state index is 0.00400. The zero-order chi connectivity index (χ0) is 34.1. The minimum Gasteiger partial charge on any atom is -0.467 e. The van der Waals surface area contributed by atoms with E-state index in [1.54, 1.807) is 81.6 Å². The monoisotopic (exact) mass is 676 g/mol. The number of nitrogens with one attached hydrogen (secondary N) is 3. The van der Waals surface area contributed by atoms with Gasteiger partial charge in [-0.25, -0.2) is 14.8 Å². The molecule has 2 aromatic carbocycles. The summed E-state index contributed by atoms with van der Waals surface area (Å²) in [5.74, 6) is -0.507. The molecule has 4 rings (SSSR count). The van der Waals surface area contributed by atoms with Crippen molar-refractivity contribution in [3.8, 4) is 34.2 Å². The third kappa shape index (κ3) is 9.73. The number of methoxy groups -OCH3 is 1. The molecule has 1 atom stereocenters. The number of thiazole rings is 1. The van der Waals surface area contributed by atoms with E-state index in [-0.39, 0.29) is 35.5 Å². The van der Waals surface area contributed by atoms with Gasteiger partial charge in [0.15, 0.2) is 17.6 Å². The Bertz CT molecular complexity index is 1800. The van der Waals surface area contributed by atoms with Gasteiger partial charge in [0.2, 0.25) is 5.91 Å². The molecule has 0 saturated heterocycles. The van der Waals surface area contributed by atoms with E-state index in [1.165, 1.54) is 13.3 Å². The van der Waals surface area contributed by atoms with Crippen molar-refractivity contribution in [3.05, 3.63) is 75.7 Å². The van der Waals surface area contributed by atoms with Crippen LogP contribution in [0.25, 0.3) is 22.4 Å². The van der Waals surface area contributed by atoms with Gasteiger partial charge in [0.05, 0.1) is 5.69 Å². The van der Waals surface area contributed by atoms with Gasteiger partial charge in [0.25, 0.3) is 5.91 Å². The number of nitrogens with zero attached hydrogens (tertiary/aromatic N) is 3. The molecule has 0 saturated carbocycles. The highest BCUT2D eigenvalue weighted by atomic mass is 35.5. The number of aromatic nitrogens is 2. The Morgan fingerprint density at radius 2 is 1.87 bits per heavy atom. The zero-order valence-electron chi connectivity index (χ0n) is 26.3. The maximum atomic E-state index is 13.0. The third-order valence-electron chi connectivity index (χ3n) is 6.25. The topological polar surface area (TPSA) is 165 Å². The quantitative estimate of drug-likeness (QED) is 0.144. The van der Waals surface area contributed by atoms with Crippen LogP contribution in [0.4, 0.5) is 16.3 Å². The fourth-order valence-corrected chi connectivity index (χ4v) is 5.07. The van der Waals surface area contributed by atoms with Gasteiger partial charge in [-0.05, 0) is 69.7 Å². The lowest BCUT2D eigenvalue weighted by Gasteiger charge is -2.21. The van der Waals surface area contributed by atoms with Crippen molar-refractivity contribution in [1.82, 2.24) is 15.3 Å². The standard InChI is InChI=1S/C33H33ClN6O6S/c1-19(37-32(43)46-33(2,3)4)13-28(41)38-22-8-6-7-20(14-22)24-16-26(23-10-9-21(34)15-27(23)45-18-44-5)39-29(25(24)17-35)40-30(42)31-36-11-12-47-31/h6-12,14-16,19H,13,18H2,1-5H3,(H,37,43)(H,38,41)(H,39,40,42)/t19-/m0/s1. The molecule has 244 valence electrons. The Balaban J connectivity index is 1.70. The molecule has 47 heavy (non-hydrogen) atoms. The maximum absolute atomic E-state index is 13.0. The summed E-state index contributed by atoms with van der Waals surface area (Å²) >= 11 is 7.39. The number of anilines is 2. The first-order chi connectivity index (χ1) is 22.4. The van der Waals surface area contributed by atoms with Crippen molar-refractivity contribution in [1.29, 1.82) is 5.26 Å². The molecule has 0 bridgehead atoms. The second-order valence-corrected chi connectivity index (χ2v) is 12.6. The summed E-state index contributed by atoms with van der Waals surface area (Å²) < 4.78 is 16.1. The maximum Gasteiger partial charge on any atom is 0.407 e. The first-order valence-electron chi connectivity index (χ1n) is 14.3. The summed E-state index contributed by atoms with van der Waals surface area (Å²) in [4.78, 5) is 46.7. The molecule has 0 aliphatic rings. The molecule has 0 radical (unpaired) electrons. The lowest BCUT2D eigenvalue weighted by molar-refractivity contribution is -0.116. The van der Waals surface area contributed by atoms with Gasteiger partial charge in [-0.3, -0.25) is 9.59 Å². The molecule has 0 aliphatic heterocycles. The molecule has 12 nitrogen and oxygen atoms in total. The largest absolute Gasteiger partial charge is 0.467 e. The second kappa shape index (κ2) is 15.5. The number of hydrogen-bond donors (Lipinski definition) is 3. The number of nitriles is 1. The summed E-state index contributed by atoms with van der Waals surface area (Å²) in [7, 11) is 1.48. The fourth-order valence-electron chi connectivity index (χ4n) is 4.37. The number of rotatable bonds is 11. The number of carbonyl (C=O) groups is 3. The molecule has 14 heteroatoms. The van der Waals surface area contributed by atoms with Crippen LogP contribution in [-0.4, -0.2) is 53.4 Å². The Morgan fingerprint density at radius 1 is 1.09 bits per heavy atom. The van der Waals surface area contributed by atoms with E-state index in [0.29, 0.717) is 38.8 Å². The first-order valence-corrected chi connectivity index (χ1v) is 15.6. The van der Waals surface area contributed by atoms with Crippen LogP contribution in [0.5, 0.6) is 5.75 Å². The molecular formula is C33H33ClN6O6S. The van der Waals surface area contributed by atoms with Crippen LogP contribution >= 0.6 is 22.9 Å².